The van der Waals surface area contributed by atoms with Crippen molar-refractivity contribution in [1.29, 1.82) is 0 Å². The van der Waals surface area contributed by atoms with E-state index in [-0.39, 0.29) is 18.5 Å². The Balaban J connectivity index is 1.45. The number of rotatable bonds is 6. The molecule has 10 nitrogen and oxygen atoms in total. The van der Waals surface area contributed by atoms with Crippen molar-refractivity contribution < 1.29 is 19.1 Å². The summed E-state index contributed by atoms with van der Waals surface area (Å²) in [4.78, 5) is 25.5. The summed E-state index contributed by atoms with van der Waals surface area (Å²) in [6.07, 6.45) is 1.44. The van der Waals surface area contributed by atoms with Gasteiger partial charge >= 0.3 is 0 Å². The van der Waals surface area contributed by atoms with E-state index in [9.17, 15) is 19.1 Å². The number of carbonyl (C=O) groups excluding carboxylic acids is 2. The molecule has 1 aliphatic heterocycles. The number of hydrogen-bond acceptors (Lipinski definition) is 7. The van der Waals surface area contributed by atoms with Crippen LogP contribution in [0.5, 0.6) is 0 Å². The molecule has 0 saturated carbocycles. The molecule has 0 saturated heterocycles. The number of halogens is 2. The number of aliphatic hydroxyl groups is 1. The summed E-state index contributed by atoms with van der Waals surface area (Å²) in [7, 11) is 0. The van der Waals surface area contributed by atoms with Gasteiger partial charge in [-0.15, -0.1) is 5.10 Å². The first-order chi connectivity index (χ1) is 15.4. The highest BCUT2D eigenvalue weighted by Gasteiger charge is 2.36. The van der Waals surface area contributed by atoms with E-state index in [1.807, 2.05) is 0 Å². The van der Waals surface area contributed by atoms with Crippen molar-refractivity contribution in [1.82, 2.24) is 30.5 Å². The number of aromatic nitrogens is 4. The van der Waals surface area contributed by atoms with Crippen LogP contribution in [0.4, 0.5) is 4.39 Å². The standard InChI is InChI=1S/C20H17ClFN7O3/c21-14-3-6-16(28-11-24-26-27-28)13(9-14)10-23-19(31)17-7-8-25-29(17)20(32)18(30)12-1-4-15(22)5-2-12/h1-6,8-9,11,17-18,30H,7,10H2,(H,23,31). The summed E-state index contributed by atoms with van der Waals surface area (Å²) in [5.74, 6) is -1.75. The summed E-state index contributed by atoms with van der Waals surface area (Å²) < 4.78 is 14.5. The van der Waals surface area contributed by atoms with Gasteiger partial charge in [0.25, 0.3) is 5.91 Å². The molecule has 0 fully saturated rings. The molecule has 4 rings (SSSR count). The number of carbonyl (C=O) groups is 2. The second-order valence-corrected chi connectivity index (χ2v) is 7.37. The highest BCUT2D eigenvalue weighted by Crippen LogP contribution is 2.22. The van der Waals surface area contributed by atoms with Gasteiger partial charge in [0.2, 0.25) is 5.91 Å². The lowest BCUT2D eigenvalue weighted by atomic mass is 10.1. The van der Waals surface area contributed by atoms with E-state index in [0.29, 0.717) is 16.3 Å². The Labute approximate surface area is 186 Å². The quantitative estimate of drug-likeness (QED) is 0.576. The average Bonchev–Trinajstić information content (AvgIpc) is 3.49. The van der Waals surface area contributed by atoms with Crippen LogP contribution in [0.25, 0.3) is 5.69 Å². The predicted molar refractivity (Wildman–Crippen MR) is 111 cm³/mol. The lowest BCUT2D eigenvalue weighted by Crippen LogP contribution is -2.46. The van der Waals surface area contributed by atoms with Crippen LogP contribution in [-0.2, 0) is 16.1 Å². The van der Waals surface area contributed by atoms with Gasteiger partial charge in [-0.3, -0.25) is 9.59 Å². The van der Waals surface area contributed by atoms with Crippen LogP contribution in [0.1, 0.15) is 23.7 Å². The van der Waals surface area contributed by atoms with Crippen LogP contribution < -0.4 is 5.32 Å². The Morgan fingerprint density at radius 1 is 1.25 bits per heavy atom. The van der Waals surface area contributed by atoms with E-state index < -0.39 is 29.8 Å². The van der Waals surface area contributed by atoms with Crippen LogP contribution in [0.15, 0.2) is 53.9 Å². The van der Waals surface area contributed by atoms with Gasteiger partial charge in [-0.2, -0.15) is 5.10 Å². The fourth-order valence-electron chi connectivity index (χ4n) is 3.25. The summed E-state index contributed by atoms with van der Waals surface area (Å²) in [5.41, 5.74) is 1.48. The summed E-state index contributed by atoms with van der Waals surface area (Å²) in [5, 5.41) is 29.5. The van der Waals surface area contributed by atoms with Crippen LogP contribution >= 0.6 is 11.6 Å². The minimum Gasteiger partial charge on any atom is -0.378 e. The smallest absolute Gasteiger partial charge is 0.276 e. The second kappa shape index (κ2) is 9.20. The Morgan fingerprint density at radius 3 is 2.75 bits per heavy atom. The Kier molecular flexibility index (Phi) is 6.19. The number of aliphatic hydroxyl groups excluding tert-OH is 1. The topological polar surface area (TPSA) is 126 Å². The van der Waals surface area contributed by atoms with Gasteiger partial charge in [-0.25, -0.2) is 14.1 Å². The van der Waals surface area contributed by atoms with Crippen LogP contribution in [0.2, 0.25) is 5.02 Å². The van der Waals surface area contributed by atoms with Gasteiger partial charge in [-0.1, -0.05) is 23.7 Å². The number of amides is 2. The van der Waals surface area contributed by atoms with E-state index in [0.717, 1.165) is 17.1 Å². The molecular formula is C20H17ClFN7O3. The van der Waals surface area contributed by atoms with E-state index in [2.05, 4.69) is 25.9 Å². The first-order valence-corrected chi connectivity index (χ1v) is 9.90. The second-order valence-electron chi connectivity index (χ2n) is 6.93. The molecule has 0 radical (unpaired) electrons. The first-order valence-electron chi connectivity index (χ1n) is 9.52. The molecule has 164 valence electrons. The van der Waals surface area contributed by atoms with E-state index in [1.54, 1.807) is 18.2 Å². The summed E-state index contributed by atoms with van der Waals surface area (Å²) >= 11 is 6.09. The minimum absolute atomic E-state index is 0.0909. The predicted octanol–water partition coefficient (Wildman–Crippen LogP) is 1.39. The lowest BCUT2D eigenvalue weighted by molar-refractivity contribution is -0.146. The molecule has 2 aromatic carbocycles. The fourth-order valence-corrected chi connectivity index (χ4v) is 3.44. The molecule has 3 aromatic rings. The van der Waals surface area contributed by atoms with Crippen molar-refractivity contribution in [3.63, 3.8) is 0 Å². The van der Waals surface area contributed by atoms with Crippen LogP contribution in [-0.4, -0.2) is 54.4 Å². The van der Waals surface area contributed by atoms with Crippen molar-refractivity contribution in [2.24, 2.45) is 5.10 Å². The van der Waals surface area contributed by atoms with Crippen LogP contribution in [0.3, 0.4) is 0 Å². The van der Waals surface area contributed by atoms with Gasteiger partial charge in [-0.05, 0) is 51.9 Å². The molecule has 1 aromatic heterocycles. The maximum Gasteiger partial charge on any atom is 0.276 e. The molecule has 12 heteroatoms. The van der Waals surface area contributed by atoms with Gasteiger partial charge in [0.05, 0.1) is 5.69 Å². The average molecular weight is 458 g/mol. The number of nitrogens with zero attached hydrogens (tertiary/aromatic N) is 6. The lowest BCUT2D eigenvalue weighted by Gasteiger charge is -2.24. The monoisotopic (exact) mass is 457 g/mol. The summed E-state index contributed by atoms with van der Waals surface area (Å²) in [6.45, 7) is 0.0909. The van der Waals surface area contributed by atoms with E-state index in [1.165, 1.54) is 29.4 Å². The van der Waals surface area contributed by atoms with E-state index >= 15 is 0 Å². The van der Waals surface area contributed by atoms with Gasteiger partial charge < -0.3 is 10.4 Å². The maximum atomic E-state index is 13.1. The van der Waals surface area contributed by atoms with Crippen molar-refractivity contribution in [3.8, 4) is 5.69 Å². The highest BCUT2D eigenvalue weighted by molar-refractivity contribution is 6.30. The molecule has 2 heterocycles. The fraction of sp³-hybridized carbons (Fsp3) is 0.200. The molecule has 2 amide bonds. The van der Waals surface area contributed by atoms with Gasteiger partial charge in [0.15, 0.2) is 6.10 Å². The molecular weight excluding hydrogens is 441 g/mol. The Bertz CT molecular complexity index is 1150. The molecule has 32 heavy (non-hydrogen) atoms. The van der Waals surface area contributed by atoms with E-state index in [4.69, 9.17) is 11.6 Å². The highest BCUT2D eigenvalue weighted by atomic mass is 35.5. The molecule has 0 bridgehead atoms. The third kappa shape index (κ3) is 4.48. The largest absolute Gasteiger partial charge is 0.378 e. The molecule has 1 aliphatic rings. The van der Waals surface area contributed by atoms with Crippen molar-refractivity contribution in [2.75, 3.05) is 0 Å². The molecule has 0 aliphatic carbocycles. The zero-order valence-electron chi connectivity index (χ0n) is 16.5. The third-order valence-corrected chi connectivity index (χ3v) is 5.10. The molecule has 2 N–H and O–H groups in total. The summed E-state index contributed by atoms with van der Waals surface area (Å²) in [6, 6.07) is 8.99. The first kappa shape index (κ1) is 21.5. The van der Waals surface area contributed by atoms with Crippen molar-refractivity contribution >= 4 is 29.6 Å². The Hall–Kier alpha value is -3.70. The number of hydrogen-bond donors (Lipinski definition) is 2. The zero-order valence-corrected chi connectivity index (χ0v) is 17.2. The van der Waals surface area contributed by atoms with Crippen LogP contribution in [0, 0.1) is 5.82 Å². The number of tetrazole rings is 1. The molecule has 2 atom stereocenters. The Morgan fingerprint density at radius 2 is 2.03 bits per heavy atom. The normalized spacial score (nSPS) is 16.2. The third-order valence-electron chi connectivity index (χ3n) is 4.87. The minimum atomic E-state index is -1.58. The van der Waals surface area contributed by atoms with Crippen molar-refractivity contribution in [3.05, 3.63) is 70.8 Å². The zero-order chi connectivity index (χ0) is 22.7. The SMILES string of the molecule is O=C(NCc1cc(Cl)ccc1-n1cnnn1)C1CC=NN1C(=O)C(O)c1ccc(F)cc1. The van der Waals surface area contributed by atoms with Gasteiger partial charge in [0, 0.05) is 24.2 Å². The number of hydrazone groups is 1. The maximum absolute atomic E-state index is 13.1. The van der Waals surface area contributed by atoms with Gasteiger partial charge in [0.1, 0.15) is 18.2 Å². The molecule has 0 spiro atoms. The number of benzene rings is 2. The van der Waals surface area contributed by atoms with Crippen molar-refractivity contribution in [2.45, 2.75) is 25.1 Å². The number of nitrogens with one attached hydrogen (secondary N) is 1. The molecule has 2 unspecified atom stereocenters.